The Morgan fingerprint density at radius 2 is 1.67 bits per heavy atom. The molecule has 0 unspecified atom stereocenters. The summed E-state index contributed by atoms with van der Waals surface area (Å²) >= 11 is 0. The van der Waals surface area contributed by atoms with Gasteiger partial charge >= 0.3 is 0 Å². The maximum atomic E-state index is 12.5. The monoisotopic (exact) mass is 411 g/mol. The lowest BCUT2D eigenvalue weighted by Crippen LogP contribution is -2.51. The molecule has 0 spiro atoms. The largest absolute Gasteiger partial charge is 0.361 e. The lowest BCUT2D eigenvalue weighted by atomic mass is 10.0. The first-order valence-corrected chi connectivity index (χ1v) is 11.1. The van der Waals surface area contributed by atoms with E-state index >= 15 is 0 Å². The zero-order chi connectivity index (χ0) is 20.8. The number of nitrogens with one attached hydrogen (secondary N) is 1. The number of hydrogen-bond acceptors (Lipinski definition) is 6. The molecule has 7 nitrogen and oxygen atoms in total. The smallest absolute Gasteiger partial charge is 0.234 e. The summed E-state index contributed by atoms with van der Waals surface area (Å²) in [5.74, 6) is 1.02. The minimum absolute atomic E-state index is 0.164. The van der Waals surface area contributed by atoms with E-state index in [4.69, 9.17) is 4.52 Å². The molecule has 0 aliphatic carbocycles. The third kappa shape index (κ3) is 6.14. The number of likely N-dealkylation sites (tertiary alicyclic amines) is 1. The molecule has 1 N–H and O–H groups in total. The molecule has 4 rings (SSSR count). The molecule has 1 aromatic heterocycles. The molecule has 2 fully saturated rings. The van der Waals surface area contributed by atoms with Gasteiger partial charge in [0.1, 0.15) is 5.76 Å². The second-order valence-corrected chi connectivity index (χ2v) is 8.58. The lowest BCUT2D eigenvalue weighted by Gasteiger charge is -2.35. The number of piperazine rings is 1. The summed E-state index contributed by atoms with van der Waals surface area (Å²) in [7, 11) is 0. The SMILES string of the molecule is Cc1cc(CN2CCN(CC(=O)NC3CCN(Cc4ccccc4)CC3)CC2)no1. The van der Waals surface area contributed by atoms with E-state index < -0.39 is 0 Å². The van der Waals surface area contributed by atoms with Gasteiger partial charge in [-0.1, -0.05) is 35.5 Å². The molecule has 30 heavy (non-hydrogen) atoms. The minimum Gasteiger partial charge on any atom is -0.361 e. The predicted molar refractivity (Wildman–Crippen MR) is 116 cm³/mol. The highest BCUT2D eigenvalue weighted by Crippen LogP contribution is 2.14. The van der Waals surface area contributed by atoms with Crippen molar-refractivity contribution >= 4 is 5.91 Å². The molecule has 2 aliphatic heterocycles. The number of hydrogen-bond donors (Lipinski definition) is 1. The summed E-state index contributed by atoms with van der Waals surface area (Å²) in [6, 6.07) is 12.9. The maximum absolute atomic E-state index is 12.5. The third-order valence-electron chi connectivity index (χ3n) is 6.10. The fourth-order valence-corrected chi connectivity index (χ4v) is 4.38. The summed E-state index contributed by atoms with van der Waals surface area (Å²) < 4.78 is 5.15. The maximum Gasteiger partial charge on any atom is 0.234 e. The van der Waals surface area contributed by atoms with E-state index in [1.165, 1.54) is 5.56 Å². The molecule has 0 bridgehead atoms. The zero-order valence-corrected chi connectivity index (χ0v) is 17.9. The van der Waals surface area contributed by atoms with E-state index in [0.717, 1.165) is 76.7 Å². The normalized spacial score (nSPS) is 19.8. The van der Waals surface area contributed by atoms with Gasteiger partial charge in [0, 0.05) is 64.5 Å². The number of benzene rings is 1. The van der Waals surface area contributed by atoms with Crippen LogP contribution in [0.4, 0.5) is 0 Å². The number of amides is 1. The Morgan fingerprint density at radius 3 is 2.33 bits per heavy atom. The molecule has 0 radical (unpaired) electrons. The quantitative estimate of drug-likeness (QED) is 0.751. The highest BCUT2D eigenvalue weighted by atomic mass is 16.5. The van der Waals surface area contributed by atoms with Crippen LogP contribution in [-0.4, -0.2) is 77.6 Å². The van der Waals surface area contributed by atoms with Crippen LogP contribution >= 0.6 is 0 Å². The van der Waals surface area contributed by atoms with Gasteiger partial charge in [0.15, 0.2) is 0 Å². The van der Waals surface area contributed by atoms with E-state index in [1.54, 1.807) is 0 Å². The topological polar surface area (TPSA) is 64.8 Å². The Hall–Kier alpha value is -2.22. The second-order valence-electron chi connectivity index (χ2n) is 8.58. The van der Waals surface area contributed by atoms with Crippen LogP contribution in [0, 0.1) is 6.92 Å². The van der Waals surface area contributed by atoms with Crippen LogP contribution in [0.3, 0.4) is 0 Å². The van der Waals surface area contributed by atoms with Crippen molar-refractivity contribution in [3.8, 4) is 0 Å². The molecular formula is C23H33N5O2. The van der Waals surface area contributed by atoms with Gasteiger partial charge in [-0.05, 0) is 25.3 Å². The molecular weight excluding hydrogens is 378 g/mol. The third-order valence-corrected chi connectivity index (χ3v) is 6.10. The van der Waals surface area contributed by atoms with Crippen molar-refractivity contribution in [1.82, 2.24) is 25.2 Å². The predicted octanol–water partition coefficient (Wildman–Crippen LogP) is 1.88. The molecule has 0 atom stereocenters. The summed E-state index contributed by atoms with van der Waals surface area (Å²) in [4.78, 5) is 19.6. The summed E-state index contributed by atoms with van der Waals surface area (Å²) in [5.41, 5.74) is 2.34. The highest BCUT2D eigenvalue weighted by Gasteiger charge is 2.23. The molecule has 3 heterocycles. The van der Waals surface area contributed by atoms with Gasteiger partial charge in [-0.2, -0.15) is 0 Å². The minimum atomic E-state index is 0.164. The van der Waals surface area contributed by atoms with Crippen LogP contribution in [0.1, 0.15) is 29.9 Å². The van der Waals surface area contributed by atoms with Gasteiger partial charge in [0.05, 0.1) is 12.2 Å². The Kier molecular flexibility index (Phi) is 7.15. The van der Waals surface area contributed by atoms with Gasteiger partial charge in [-0.15, -0.1) is 0 Å². The number of aromatic nitrogens is 1. The van der Waals surface area contributed by atoms with Crippen LogP contribution in [-0.2, 0) is 17.9 Å². The van der Waals surface area contributed by atoms with E-state index in [2.05, 4.69) is 55.5 Å². The van der Waals surface area contributed by atoms with Crippen LogP contribution in [0.25, 0.3) is 0 Å². The van der Waals surface area contributed by atoms with Crippen LogP contribution in [0.15, 0.2) is 40.9 Å². The van der Waals surface area contributed by atoms with Crippen molar-refractivity contribution in [3.05, 3.63) is 53.4 Å². The Labute approximate surface area is 179 Å². The number of carbonyl (C=O) groups is 1. The van der Waals surface area contributed by atoms with Gasteiger partial charge < -0.3 is 9.84 Å². The van der Waals surface area contributed by atoms with Crippen LogP contribution < -0.4 is 5.32 Å². The van der Waals surface area contributed by atoms with Crippen molar-refractivity contribution < 1.29 is 9.32 Å². The van der Waals surface area contributed by atoms with E-state index in [-0.39, 0.29) is 5.91 Å². The Balaban J connectivity index is 1.12. The standard InChI is InChI=1S/C23H33N5O2/c1-19-15-22(25-30-19)17-27-11-13-28(14-12-27)18-23(29)24-21-7-9-26(10-8-21)16-20-5-3-2-4-6-20/h2-6,15,21H,7-14,16-18H2,1H3,(H,24,29). The first-order valence-electron chi connectivity index (χ1n) is 11.1. The van der Waals surface area contributed by atoms with E-state index in [9.17, 15) is 4.79 Å². The zero-order valence-electron chi connectivity index (χ0n) is 17.9. The highest BCUT2D eigenvalue weighted by molar-refractivity contribution is 5.78. The van der Waals surface area contributed by atoms with Crippen molar-refractivity contribution in [3.63, 3.8) is 0 Å². The van der Waals surface area contributed by atoms with Crippen molar-refractivity contribution in [1.29, 1.82) is 0 Å². The average molecular weight is 412 g/mol. The Morgan fingerprint density at radius 1 is 1.00 bits per heavy atom. The van der Waals surface area contributed by atoms with Crippen molar-refractivity contribution in [2.24, 2.45) is 0 Å². The summed E-state index contributed by atoms with van der Waals surface area (Å²) in [6.07, 6.45) is 2.06. The second kappa shape index (κ2) is 10.2. The van der Waals surface area contributed by atoms with Gasteiger partial charge in [-0.3, -0.25) is 19.5 Å². The first-order chi connectivity index (χ1) is 14.6. The summed E-state index contributed by atoms with van der Waals surface area (Å²) in [6.45, 7) is 10.1. The van der Waals surface area contributed by atoms with Crippen molar-refractivity contribution in [2.45, 2.75) is 38.9 Å². The molecule has 0 saturated carbocycles. The van der Waals surface area contributed by atoms with Crippen LogP contribution in [0.5, 0.6) is 0 Å². The average Bonchev–Trinajstić information content (AvgIpc) is 3.16. The Bertz CT molecular complexity index is 793. The molecule has 7 heteroatoms. The molecule has 2 aromatic rings. The lowest BCUT2D eigenvalue weighted by molar-refractivity contribution is -0.123. The molecule has 162 valence electrons. The van der Waals surface area contributed by atoms with Gasteiger partial charge in [0.2, 0.25) is 5.91 Å². The van der Waals surface area contributed by atoms with Crippen LogP contribution in [0.2, 0.25) is 0 Å². The number of nitrogens with zero attached hydrogens (tertiary/aromatic N) is 4. The molecule has 1 aromatic carbocycles. The van der Waals surface area contributed by atoms with Crippen molar-refractivity contribution in [2.75, 3.05) is 45.8 Å². The summed E-state index contributed by atoms with van der Waals surface area (Å²) in [5, 5.41) is 7.33. The first kappa shape index (κ1) is 21.0. The number of aryl methyl sites for hydroxylation is 1. The van der Waals surface area contributed by atoms with Gasteiger partial charge in [0.25, 0.3) is 0 Å². The fourth-order valence-electron chi connectivity index (χ4n) is 4.38. The molecule has 1 amide bonds. The molecule has 2 aliphatic rings. The van der Waals surface area contributed by atoms with E-state index in [0.29, 0.717) is 12.6 Å². The molecule has 2 saturated heterocycles. The fraction of sp³-hybridized carbons (Fsp3) is 0.565. The van der Waals surface area contributed by atoms with Gasteiger partial charge in [-0.25, -0.2) is 0 Å². The number of piperidine rings is 1. The number of carbonyl (C=O) groups excluding carboxylic acids is 1. The van der Waals surface area contributed by atoms with E-state index in [1.807, 2.05) is 13.0 Å². The number of rotatable bonds is 7.